The minimum atomic E-state index is -1.96. The van der Waals surface area contributed by atoms with Gasteiger partial charge >= 0.3 is 17.7 Å². The van der Waals surface area contributed by atoms with Gasteiger partial charge < -0.3 is 14.7 Å². The zero-order chi connectivity index (χ0) is 16.5. The quantitative estimate of drug-likeness (QED) is 0.208. The van der Waals surface area contributed by atoms with Crippen LogP contribution in [0.4, 0.5) is 0 Å². The Morgan fingerprint density at radius 3 is 2.70 bits per heavy atom. The molecule has 0 aromatic rings. The van der Waals surface area contributed by atoms with Crippen LogP contribution < -0.4 is 0 Å². The average Bonchev–Trinajstić information content (AvgIpc) is 3.26. The number of methoxy groups -OCH3 is 2. The number of hydrazine groups is 1. The summed E-state index contributed by atoms with van der Waals surface area (Å²) in [6, 6.07) is 0. The highest BCUT2D eigenvalue weighted by molar-refractivity contribution is 6.66. The van der Waals surface area contributed by atoms with Gasteiger partial charge in [-0.3, -0.25) is 4.79 Å². The summed E-state index contributed by atoms with van der Waals surface area (Å²) in [5.41, 5.74) is -2.74. The van der Waals surface area contributed by atoms with Crippen LogP contribution in [0.25, 0.3) is 0 Å². The highest BCUT2D eigenvalue weighted by atomic mass is 16.8. The van der Waals surface area contributed by atoms with E-state index in [1.807, 2.05) is 12.2 Å². The molecule has 4 rings (SSSR count). The molecular formula is C14H14N2O7. The normalized spacial score (nSPS) is 39.7. The minimum Gasteiger partial charge on any atom is -0.594 e. The van der Waals surface area contributed by atoms with Gasteiger partial charge in [0, 0.05) is 11.8 Å². The molecule has 0 unspecified atom stereocenters. The van der Waals surface area contributed by atoms with E-state index in [0.717, 1.165) is 20.6 Å². The minimum absolute atomic E-state index is 0.0167. The lowest BCUT2D eigenvalue weighted by molar-refractivity contribution is -0.716. The fourth-order valence-corrected chi connectivity index (χ4v) is 4.31. The Balaban J connectivity index is 1.88. The van der Waals surface area contributed by atoms with E-state index in [9.17, 15) is 19.6 Å². The van der Waals surface area contributed by atoms with Gasteiger partial charge in [-0.1, -0.05) is 12.2 Å². The molecule has 2 fully saturated rings. The number of allylic oxidation sites excluding steroid dienone is 1. The van der Waals surface area contributed by atoms with Crippen molar-refractivity contribution >= 4 is 23.4 Å². The van der Waals surface area contributed by atoms with Crippen molar-refractivity contribution < 1.29 is 33.5 Å². The molecule has 0 N–H and O–H groups in total. The molecular weight excluding hydrogens is 308 g/mol. The maximum absolute atomic E-state index is 12.9. The molecule has 5 atom stereocenters. The zero-order valence-electron chi connectivity index (χ0n) is 12.4. The number of hydrogen-bond donors (Lipinski definition) is 0. The Kier molecular flexibility index (Phi) is 2.66. The van der Waals surface area contributed by atoms with Crippen molar-refractivity contribution in [2.45, 2.75) is 18.1 Å². The van der Waals surface area contributed by atoms with Crippen molar-refractivity contribution in [1.29, 1.82) is 0 Å². The number of rotatable bonds is 2. The van der Waals surface area contributed by atoms with E-state index in [1.165, 1.54) is 0 Å². The molecule has 9 heteroatoms. The van der Waals surface area contributed by atoms with Crippen LogP contribution in [0.2, 0.25) is 0 Å². The molecule has 2 bridgehead atoms. The highest BCUT2D eigenvalue weighted by Crippen LogP contribution is 2.57. The van der Waals surface area contributed by atoms with E-state index in [-0.39, 0.29) is 16.7 Å². The average molecular weight is 322 g/mol. The van der Waals surface area contributed by atoms with Gasteiger partial charge in [-0.05, 0) is 22.4 Å². The van der Waals surface area contributed by atoms with Crippen molar-refractivity contribution in [2.75, 3.05) is 14.2 Å². The maximum atomic E-state index is 12.9. The van der Waals surface area contributed by atoms with Gasteiger partial charge in [-0.2, -0.15) is 0 Å². The number of nitrogens with zero attached hydrogens (tertiary/aromatic N) is 2. The molecule has 1 saturated carbocycles. The Morgan fingerprint density at radius 2 is 2.04 bits per heavy atom. The Morgan fingerprint density at radius 1 is 1.35 bits per heavy atom. The first kappa shape index (κ1) is 14.2. The summed E-state index contributed by atoms with van der Waals surface area (Å²) < 4.78 is 9.28. The van der Waals surface area contributed by atoms with Gasteiger partial charge in [0.25, 0.3) is 11.3 Å². The maximum Gasteiger partial charge on any atom is 0.411 e. The third kappa shape index (κ3) is 1.37. The molecule has 0 aromatic carbocycles. The van der Waals surface area contributed by atoms with Crippen LogP contribution in [0.1, 0.15) is 6.42 Å². The zero-order valence-corrected chi connectivity index (χ0v) is 12.4. The van der Waals surface area contributed by atoms with Crippen LogP contribution in [-0.4, -0.2) is 59.3 Å². The van der Waals surface area contributed by atoms with E-state index >= 15 is 0 Å². The second-order valence-corrected chi connectivity index (χ2v) is 6.02. The monoisotopic (exact) mass is 322 g/mol. The number of hydrogen-bond acceptors (Lipinski definition) is 8. The number of fused-ring (bicyclic) bond motifs is 7. The second kappa shape index (κ2) is 4.31. The molecule has 4 aliphatic rings. The van der Waals surface area contributed by atoms with E-state index in [2.05, 4.69) is 4.74 Å². The van der Waals surface area contributed by atoms with Gasteiger partial charge in [0.1, 0.15) is 6.10 Å². The number of ether oxygens (including phenoxy) is 2. The number of hydrazone groups is 1. The van der Waals surface area contributed by atoms with Gasteiger partial charge in [-0.15, -0.1) is 0 Å². The van der Waals surface area contributed by atoms with Crippen LogP contribution in [0.3, 0.4) is 0 Å². The topological polar surface area (TPSA) is 108 Å². The van der Waals surface area contributed by atoms with Crippen molar-refractivity contribution in [3.63, 3.8) is 0 Å². The number of Topliss-reactive ketones (excluding diaryl/α,β-unsaturated/α-hetero) is 1. The van der Waals surface area contributed by atoms with Gasteiger partial charge in [-0.25, -0.2) is 14.4 Å². The predicted molar refractivity (Wildman–Crippen MR) is 71.3 cm³/mol. The van der Waals surface area contributed by atoms with Gasteiger partial charge in [0.05, 0.1) is 14.2 Å². The summed E-state index contributed by atoms with van der Waals surface area (Å²) >= 11 is 0. The predicted octanol–water partition coefficient (Wildman–Crippen LogP) is -1.04. The summed E-state index contributed by atoms with van der Waals surface area (Å²) in [7, 11) is 2.18. The molecule has 2 aliphatic carbocycles. The molecule has 0 spiro atoms. The van der Waals surface area contributed by atoms with Crippen LogP contribution in [0.5, 0.6) is 0 Å². The van der Waals surface area contributed by atoms with Crippen molar-refractivity contribution in [3.05, 3.63) is 17.4 Å². The summed E-state index contributed by atoms with van der Waals surface area (Å²) in [4.78, 5) is 42.9. The standard InChI is InChI=1S/C14H14N2O7/c1-21-12(18)9-11(17)14(13(19)22-2)8-6-3-4-7(5-6)10(8)23-16(14)15(9)20/h3-4,6-8,10H,5H2,1-2H3/t6-,7+,8+,10-,14+/m0/s1. The molecule has 2 aliphatic heterocycles. The fraction of sp³-hybridized carbons (Fsp3) is 0.571. The third-order valence-corrected chi connectivity index (χ3v) is 5.19. The molecule has 0 amide bonds. The first-order chi connectivity index (χ1) is 11.0. The lowest BCUT2D eigenvalue weighted by atomic mass is 9.72. The van der Waals surface area contributed by atoms with E-state index in [0.29, 0.717) is 5.17 Å². The molecule has 23 heavy (non-hydrogen) atoms. The van der Waals surface area contributed by atoms with Gasteiger partial charge in [0.2, 0.25) is 0 Å². The van der Waals surface area contributed by atoms with Crippen LogP contribution in [0, 0.1) is 23.0 Å². The van der Waals surface area contributed by atoms with E-state index in [4.69, 9.17) is 9.57 Å². The van der Waals surface area contributed by atoms with Crippen LogP contribution in [0.15, 0.2) is 12.2 Å². The molecule has 1 saturated heterocycles. The van der Waals surface area contributed by atoms with E-state index in [1.54, 1.807) is 0 Å². The molecule has 9 nitrogen and oxygen atoms in total. The first-order valence-electron chi connectivity index (χ1n) is 7.19. The molecule has 122 valence electrons. The molecule has 2 heterocycles. The summed E-state index contributed by atoms with van der Waals surface area (Å²) in [5.74, 6) is -3.59. The number of carbonyl (C=O) groups excluding carboxylic acids is 3. The smallest absolute Gasteiger partial charge is 0.411 e. The second-order valence-electron chi connectivity index (χ2n) is 6.02. The lowest BCUT2D eigenvalue weighted by Crippen LogP contribution is -2.60. The van der Waals surface area contributed by atoms with E-state index < -0.39 is 41.0 Å². The van der Waals surface area contributed by atoms with Crippen LogP contribution in [-0.2, 0) is 28.7 Å². The van der Waals surface area contributed by atoms with Crippen molar-refractivity contribution in [1.82, 2.24) is 5.17 Å². The van der Waals surface area contributed by atoms with Crippen LogP contribution >= 0.6 is 0 Å². The molecule has 0 aromatic heterocycles. The van der Waals surface area contributed by atoms with Gasteiger partial charge in [0.15, 0.2) is 0 Å². The third-order valence-electron chi connectivity index (χ3n) is 5.19. The number of ketones is 1. The number of carbonyl (C=O) groups is 3. The molecule has 0 radical (unpaired) electrons. The number of hydroxylamine groups is 1. The van der Waals surface area contributed by atoms with Crippen molar-refractivity contribution in [3.8, 4) is 0 Å². The lowest BCUT2D eigenvalue weighted by Gasteiger charge is -2.28. The summed E-state index contributed by atoms with van der Waals surface area (Å²) in [6.07, 6.45) is 4.15. The first-order valence-corrected chi connectivity index (χ1v) is 7.19. The largest absolute Gasteiger partial charge is 0.594 e. The highest BCUT2D eigenvalue weighted by Gasteiger charge is 2.80. The SMILES string of the molecule is COC(=O)C1=[N+]([O-])N2O[C@@H]3[C@@H]([C@H]4C=C[C@@H]3C4)[C@]2(C(=O)OC)C1=O. The summed E-state index contributed by atoms with van der Waals surface area (Å²) in [5, 5.41) is 13.1. The Hall–Kier alpha value is -2.42. The Labute approximate surface area is 130 Å². The number of esters is 2. The Bertz CT molecular complexity index is 699. The van der Waals surface area contributed by atoms with Crippen molar-refractivity contribution in [2.24, 2.45) is 17.8 Å². The fourth-order valence-electron chi connectivity index (χ4n) is 4.31. The summed E-state index contributed by atoms with van der Waals surface area (Å²) in [6.45, 7) is 0.